The van der Waals surface area contributed by atoms with Crippen LogP contribution in [0.15, 0.2) is 28.7 Å². The van der Waals surface area contributed by atoms with Crippen LogP contribution < -0.4 is 5.32 Å². The maximum Gasteiger partial charge on any atom is 0.341 e. The van der Waals surface area contributed by atoms with Crippen LogP contribution in [0.4, 0.5) is 5.00 Å². The number of halogens is 1. The molecule has 4 nitrogen and oxygen atoms in total. The number of aryl methyl sites for hydroxylation is 1. The predicted molar refractivity (Wildman–Crippen MR) is 91.4 cm³/mol. The van der Waals surface area contributed by atoms with Crippen LogP contribution >= 0.6 is 27.3 Å². The van der Waals surface area contributed by atoms with E-state index in [4.69, 9.17) is 4.74 Å². The summed E-state index contributed by atoms with van der Waals surface area (Å²) >= 11 is 4.80. The predicted octanol–water partition coefficient (Wildman–Crippen LogP) is 4.44. The van der Waals surface area contributed by atoms with Gasteiger partial charge >= 0.3 is 5.97 Å². The molecule has 1 aromatic carbocycles. The van der Waals surface area contributed by atoms with Crippen molar-refractivity contribution in [3.05, 3.63) is 50.3 Å². The van der Waals surface area contributed by atoms with Gasteiger partial charge in [0.15, 0.2) is 0 Å². The number of anilines is 1. The Morgan fingerprint density at radius 3 is 2.59 bits per heavy atom. The van der Waals surface area contributed by atoms with Gasteiger partial charge in [0.25, 0.3) is 0 Å². The van der Waals surface area contributed by atoms with Crippen molar-refractivity contribution in [3.8, 4) is 0 Å². The molecular formula is C16H16BrNO3S. The van der Waals surface area contributed by atoms with Crippen molar-refractivity contribution < 1.29 is 14.3 Å². The zero-order valence-electron chi connectivity index (χ0n) is 12.5. The highest BCUT2D eigenvalue weighted by Gasteiger charge is 2.21. The van der Waals surface area contributed by atoms with E-state index in [0.29, 0.717) is 10.6 Å². The molecule has 1 N–H and O–H groups in total. The van der Waals surface area contributed by atoms with Crippen LogP contribution in [-0.4, -0.2) is 11.9 Å². The van der Waals surface area contributed by atoms with Crippen LogP contribution in [-0.2, 0) is 16.1 Å². The summed E-state index contributed by atoms with van der Waals surface area (Å²) in [5.41, 5.74) is 2.16. The molecule has 1 amide bonds. The number of esters is 1. The van der Waals surface area contributed by atoms with Gasteiger partial charge in [-0.25, -0.2) is 4.79 Å². The third kappa shape index (κ3) is 3.75. The summed E-state index contributed by atoms with van der Waals surface area (Å²) in [6.45, 7) is 5.36. The lowest BCUT2D eigenvalue weighted by Gasteiger charge is -2.08. The van der Waals surface area contributed by atoms with E-state index < -0.39 is 5.97 Å². The third-order valence-corrected chi connectivity index (χ3v) is 5.09. The number of carbonyl (C=O) groups excluding carboxylic acids is 2. The molecule has 0 aliphatic carbocycles. The van der Waals surface area contributed by atoms with Gasteiger partial charge in [-0.05, 0) is 25.5 Å². The zero-order valence-corrected chi connectivity index (χ0v) is 14.9. The van der Waals surface area contributed by atoms with E-state index in [2.05, 4.69) is 21.2 Å². The van der Waals surface area contributed by atoms with Crippen LogP contribution in [0.3, 0.4) is 0 Å². The summed E-state index contributed by atoms with van der Waals surface area (Å²) in [5, 5.41) is 3.24. The van der Waals surface area contributed by atoms with E-state index in [-0.39, 0.29) is 12.5 Å². The third-order valence-electron chi connectivity index (χ3n) is 3.20. The standard InChI is InChI=1S/C16H16BrNO3S/c1-9-10(2)22-15(18-11(3)19)14(9)16(20)21-8-12-6-4-5-7-13(12)17/h4-7H,8H2,1-3H3,(H,18,19). The minimum atomic E-state index is -0.429. The fourth-order valence-electron chi connectivity index (χ4n) is 1.95. The molecular weight excluding hydrogens is 366 g/mol. The van der Waals surface area contributed by atoms with Crippen LogP contribution in [0.25, 0.3) is 0 Å². The van der Waals surface area contributed by atoms with Gasteiger partial charge < -0.3 is 10.1 Å². The summed E-state index contributed by atoms with van der Waals surface area (Å²) < 4.78 is 6.29. The van der Waals surface area contributed by atoms with Crippen molar-refractivity contribution in [1.29, 1.82) is 0 Å². The first-order chi connectivity index (χ1) is 10.4. The topological polar surface area (TPSA) is 55.4 Å². The number of nitrogens with one attached hydrogen (secondary N) is 1. The number of ether oxygens (including phenoxy) is 1. The molecule has 1 heterocycles. The Kier molecular flexibility index (Phi) is 5.37. The van der Waals surface area contributed by atoms with Crippen molar-refractivity contribution in [2.75, 3.05) is 5.32 Å². The highest BCUT2D eigenvalue weighted by molar-refractivity contribution is 9.10. The number of hydrogen-bond donors (Lipinski definition) is 1. The summed E-state index contributed by atoms with van der Waals surface area (Å²) in [5.74, 6) is -0.637. The van der Waals surface area contributed by atoms with E-state index in [0.717, 1.165) is 20.5 Å². The SMILES string of the molecule is CC(=O)Nc1sc(C)c(C)c1C(=O)OCc1ccccc1Br. The average molecular weight is 382 g/mol. The minimum Gasteiger partial charge on any atom is -0.457 e. The van der Waals surface area contributed by atoms with Crippen molar-refractivity contribution in [2.45, 2.75) is 27.4 Å². The number of thiophene rings is 1. The lowest BCUT2D eigenvalue weighted by molar-refractivity contribution is -0.114. The molecule has 0 bridgehead atoms. The number of hydrogen-bond acceptors (Lipinski definition) is 4. The molecule has 0 saturated heterocycles. The van der Waals surface area contributed by atoms with Gasteiger partial charge in [0.05, 0.1) is 5.56 Å². The smallest absolute Gasteiger partial charge is 0.341 e. The minimum absolute atomic E-state index is 0.175. The first kappa shape index (κ1) is 16.7. The lowest BCUT2D eigenvalue weighted by Crippen LogP contribution is -2.12. The van der Waals surface area contributed by atoms with E-state index >= 15 is 0 Å². The van der Waals surface area contributed by atoms with Gasteiger partial charge in [-0.15, -0.1) is 11.3 Å². The Morgan fingerprint density at radius 1 is 1.27 bits per heavy atom. The average Bonchev–Trinajstić information content (AvgIpc) is 2.72. The summed E-state index contributed by atoms with van der Waals surface area (Å²) in [6, 6.07) is 7.57. The molecule has 0 aliphatic heterocycles. The fourth-order valence-corrected chi connectivity index (χ4v) is 3.45. The van der Waals surface area contributed by atoms with Crippen molar-refractivity contribution in [2.24, 2.45) is 0 Å². The van der Waals surface area contributed by atoms with E-state index in [1.807, 2.05) is 38.1 Å². The van der Waals surface area contributed by atoms with E-state index in [1.54, 1.807) is 0 Å². The Balaban J connectivity index is 2.19. The number of rotatable bonds is 4. The van der Waals surface area contributed by atoms with Gasteiger partial charge in [0, 0.05) is 21.8 Å². The second kappa shape index (κ2) is 7.07. The van der Waals surface area contributed by atoms with Crippen LogP contribution in [0.5, 0.6) is 0 Å². The highest BCUT2D eigenvalue weighted by atomic mass is 79.9. The molecule has 22 heavy (non-hydrogen) atoms. The van der Waals surface area contributed by atoms with Gasteiger partial charge in [-0.3, -0.25) is 4.79 Å². The number of amides is 1. The quantitative estimate of drug-likeness (QED) is 0.796. The van der Waals surface area contributed by atoms with Gasteiger partial charge in [0.2, 0.25) is 5.91 Å². The fraction of sp³-hybridized carbons (Fsp3) is 0.250. The molecule has 0 unspecified atom stereocenters. The zero-order chi connectivity index (χ0) is 16.3. The Morgan fingerprint density at radius 2 is 1.95 bits per heavy atom. The van der Waals surface area contributed by atoms with E-state index in [9.17, 15) is 9.59 Å². The molecule has 0 atom stereocenters. The van der Waals surface area contributed by atoms with Gasteiger partial charge in [-0.2, -0.15) is 0 Å². The first-order valence-electron chi connectivity index (χ1n) is 6.68. The summed E-state index contributed by atoms with van der Waals surface area (Å²) in [4.78, 5) is 24.6. The lowest BCUT2D eigenvalue weighted by atomic mass is 10.1. The number of benzene rings is 1. The molecule has 0 aliphatic rings. The van der Waals surface area contributed by atoms with Crippen molar-refractivity contribution >= 4 is 44.1 Å². The molecule has 6 heteroatoms. The van der Waals surface area contributed by atoms with Crippen LogP contribution in [0.1, 0.15) is 33.3 Å². The Bertz CT molecular complexity index is 724. The highest BCUT2D eigenvalue weighted by Crippen LogP contribution is 2.33. The summed E-state index contributed by atoms with van der Waals surface area (Å²) in [7, 11) is 0. The van der Waals surface area contributed by atoms with Gasteiger partial charge in [-0.1, -0.05) is 34.1 Å². The Labute approximate surface area is 141 Å². The monoisotopic (exact) mass is 381 g/mol. The van der Waals surface area contributed by atoms with E-state index in [1.165, 1.54) is 18.3 Å². The number of carbonyl (C=O) groups is 2. The second-order valence-electron chi connectivity index (χ2n) is 4.84. The van der Waals surface area contributed by atoms with Gasteiger partial charge in [0.1, 0.15) is 11.6 Å². The maximum atomic E-state index is 12.4. The summed E-state index contributed by atoms with van der Waals surface area (Å²) in [6.07, 6.45) is 0. The molecule has 1 aromatic heterocycles. The molecule has 0 fully saturated rings. The normalized spacial score (nSPS) is 10.4. The molecule has 2 rings (SSSR count). The Hall–Kier alpha value is -1.66. The van der Waals surface area contributed by atoms with Crippen molar-refractivity contribution in [1.82, 2.24) is 0 Å². The maximum absolute atomic E-state index is 12.4. The molecule has 0 spiro atoms. The second-order valence-corrected chi connectivity index (χ2v) is 6.92. The molecule has 116 valence electrons. The van der Waals surface area contributed by atoms with Crippen LogP contribution in [0.2, 0.25) is 0 Å². The largest absolute Gasteiger partial charge is 0.457 e. The molecule has 0 saturated carbocycles. The molecule has 0 radical (unpaired) electrons. The van der Waals surface area contributed by atoms with Crippen LogP contribution in [0, 0.1) is 13.8 Å². The first-order valence-corrected chi connectivity index (χ1v) is 8.29. The van der Waals surface area contributed by atoms with Crippen molar-refractivity contribution in [3.63, 3.8) is 0 Å². The molecule has 2 aromatic rings.